The molecule has 1 N–H and O–H groups in total. The zero-order valence-electron chi connectivity index (χ0n) is 14.5. The Balaban J connectivity index is 2.03. The van der Waals surface area contributed by atoms with E-state index in [4.69, 9.17) is 5.11 Å². The molecule has 0 fully saturated rings. The molecule has 25 heavy (non-hydrogen) atoms. The molecular weight excluding hydrogens is 338 g/mol. The second kappa shape index (κ2) is 8.27. The third-order valence-electron chi connectivity index (χ3n) is 4.08. The molecule has 0 aliphatic rings. The van der Waals surface area contributed by atoms with Crippen LogP contribution in [0.15, 0.2) is 53.4 Å². The Bertz CT molecular complexity index is 829. The zero-order chi connectivity index (χ0) is 18.4. The van der Waals surface area contributed by atoms with Gasteiger partial charge in [0.15, 0.2) is 9.84 Å². The van der Waals surface area contributed by atoms with Crippen LogP contribution in [0.2, 0.25) is 0 Å². The second-order valence-corrected chi connectivity index (χ2v) is 8.12. The number of hydrogen-bond acceptors (Lipinski definition) is 4. The molecule has 0 amide bonds. The first-order chi connectivity index (χ1) is 11.8. The van der Waals surface area contributed by atoms with E-state index in [0.29, 0.717) is 24.5 Å². The average molecular weight is 361 g/mol. The highest BCUT2D eigenvalue weighted by Gasteiger charge is 2.16. The first-order valence-corrected chi connectivity index (χ1v) is 9.81. The normalized spacial score (nSPS) is 11.6. The van der Waals surface area contributed by atoms with Gasteiger partial charge in [-0.3, -0.25) is 4.90 Å². The van der Waals surface area contributed by atoms with E-state index in [9.17, 15) is 13.2 Å². The number of rotatable bonds is 8. The summed E-state index contributed by atoms with van der Waals surface area (Å²) in [6, 6.07) is 13.6. The molecule has 0 spiro atoms. The van der Waals surface area contributed by atoms with E-state index in [1.54, 1.807) is 42.5 Å². The quantitative estimate of drug-likeness (QED) is 0.782. The molecule has 0 saturated heterocycles. The molecule has 0 saturated carbocycles. The smallest absolute Gasteiger partial charge is 0.335 e. The van der Waals surface area contributed by atoms with Gasteiger partial charge in [0, 0.05) is 13.1 Å². The molecule has 134 valence electrons. The van der Waals surface area contributed by atoms with Crippen molar-refractivity contribution < 1.29 is 18.3 Å². The van der Waals surface area contributed by atoms with Gasteiger partial charge in [-0.2, -0.15) is 0 Å². The number of carbonyl (C=O) groups is 1. The van der Waals surface area contributed by atoms with E-state index in [-0.39, 0.29) is 11.3 Å². The van der Waals surface area contributed by atoms with Crippen molar-refractivity contribution in [1.82, 2.24) is 4.90 Å². The van der Waals surface area contributed by atoms with E-state index in [1.807, 2.05) is 24.8 Å². The number of hydrogen-bond donors (Lipinski definition) is 1. The van der Waals surface area contributed by atoms with Crippen molar-refractivity contribution in [3.63, 3.8) is 0 Å². The first kappa shape index (κ1) is 19.1. The van der Waals surface area contributed by atoms with Gasteiger partial charge in [0.2, 0.25) is 0 Å². The molecule has 6 heteroatoms. The summed E-state index contributed by atoms with van der Waals surface area (Å²) in [6.07, 6.45) is 0. The Morgan fingerprint density at radius 3 is 2.40 bits per heavy atom. The van der Waals surface area contributed by atoms with Crippen LogP contribution in [0.1, 0.15) is 28.4 Å². The highest BCUT2D eigenvalue weighted by Crippen LogP contribution is 2.14. The van der Waals surface area contributed by atoms with Crippen molar-refractivity contribution >= 4 is 15.8 Å². The molecule has 0 radical (unpaired) electrons. The van der Waals surface area contributed by atoms with Gasteiger partial charge in [-0.15, -0.1) is 0 Å². The fourth-order valence-corrected chi connectivity index (χ4v) is 3.81. The van der Waals surface area contributed by atoms with E-state index < -0.39 is 15.8 Å². The van der Waals surface area contributed by atoms with Gasteiger partial charge in [0.05, 0.1) is 16.2 Å². The van der Waals surface area contributed by atoms with Crippen molar-refractivity contribution in [2.24, 2.45) is 0 Å². The molecular formula is C19H23NO4S. The van der Waals surface area contributed by atoms with Crippen molar-refractivity contribution in [1.29, 1.82) is 0 Å². The third-order valence-corrected chi connectivity index (χ3v) is 5.79. The monoisotopic (exact) mass is 361 g/mol. The maximum Gasteiger partial charge on any atom is 0.335 e. The molecule has 0 aliphatic heterocycles. The molecule has 2 aromatic carbocycles. The van der Waals surface area contributed by atoms with Crippen LogP contribution in [0.5, 0.6) is 0 Å². The van der Waals surface area contributed by atoms with Crippen LogP contribution in [0.25, 0.3) is 0 Å². The predicted octanol–water partition coefficient (Wildman–Crippen LogP) is 2.99. The highest BCUT2D eigenvalue weighted by molar-refractivity contribution is 7.91. The Morgan fingerprint density at radius 1 is 1.12 bits per heavy atom. The van der Waals surface area contributed by atoms with Gasteiger partial charge in [-0.1, -0.05) is 36.8 Å². The standard InChI is InChI=1S/C19H23NO4S/c1-3-20(14-16-5-4-6-17(13-16)19(21)22)11-12-25(23,24)18-9-7-15(2)8-10-18/h4-10,13H,3,11-12,14H2,1-2H3,(H,21,22). The lowest BCUT2D eigenvalue weighted by Gasteiger charge is -2.20. The van der Waals surface area contributed by atoms with Crippen LogP contribution in [0.4, 0.5) is 0 Å². The van der Waals surface area contributed by atoms with Crippen LogP contribution in [-0.2, 0) is 16.4 Å². The molecule has 0 bridgehead atoms. The molecule has 0 atom stereocenters. The topological polar surface area (TPSA) is 74.7 Å². The summed E-state index contributed by atoms with van der Waals surface area (Å²) in [5.41, 5.74) is 2.11. The molecule has 0 aliphatic carbocycles. The summed E-state index contributed by atoms with van der Waals surface area (Å²) in [7, 11) is -3.33. The Kier molecular flexibility index (Phi) is 6.33. The molecule has 2 aromatic rings. The molecule has 0 aromatic heterocycles. The van der Waals surface area contributed by atoms with Crippen LogP contribution < -0.4 is 0 Å². The minimum absolute atomic E-state index is 0.0303. The van der Waals surface area contributed by atoms with E-state index >= 15 is 0 Å². The minimum Gasteiger partial charge on any atom is -0.478 e. The lowest BCUT2D eigenvalue weighted by atomic mass is 10.1. The summed E-state index contributed by atoms with van der Waals surface area (Å²) in [6.45, 7) is 5.46. The molecule has 0 unspecified atom stereocenters. The number of carboxylic acid groups (broad SMARTS) is 1. The number of carboxylic acids is 1. The summed E-state index contributed by atoms with van der Waals surface area (Å²) < 4.78 is 24.9. The van der Waals surface area contributed by atoms with Gasteiger partial charge in [0.25, 0.3) is 0 Å². The van der Waals surface area contributed by atoms with Crippen LogP contribution in [0.3, 0.4) is 0 Å². The maximum absolute atomic E-state index is 12.5. The minimum atomic E-state index is -3.33. The molecule has 2 rings (SSSR count). The zero-order valence-corrected chi connectivity index (χ0v) is 15.3. The lowest BCUT2D eigenvalue weighted by Crippen LogP contribution is -2.29. The van der Waals surface area contributed by atoms with Gasteiger partial charge >= 0.3 is 5.97 Å². The van der Waals surface area contributed by atoms with Crippen molar-refractivity contribution in [2.75, 3.05) is 18.8 Å². The summed E-state index contributed by atoms with van der Waals surface area (Å²) in [4.78, 5) is 13.4. The average Bonchev–Trinajstić information content (AvgIpc) is 2.59. The SMILES string of the molecule is CCN(CCS(=O)(=O)c1ccc(C)cc1)Cc1cccc(C(=O)O)c1. The Morgan fingerprint density at radius 2 is 1.80 bits per heavy atom. The Labute approximate surface area is 148 Å². The fourth-order valence-electron chi connectivity index (χ4n) is 2.52. The summed E-state index contributed by atoms with van der Waals surface area (Å²) in [5, 5.41) is 9.06. The van der Waals surface area contributed by atoms with E-state index in [0.717, 1.165) is 11.1 Å². The van der Waals surface area contributed by atoms with E-state index in [2.05, 4.69) is 0 Å². The summed E-state index contributed by atoms with van der Waals surface area (Å²) >= 11 is 0. The highest BCUT2D eigenvalue weighted by atomic mass is 32.2. The van der Waals surface area contributed by atoms with Crippen molar-refractivity contribution in [3.05, 3.63) is 65.2 Å². The predicted molar refractivity (Wildman–Crippen MR) is 97.6 cm³/mol. The lowest BCUT2D eigenvalue weighted by molar-refractivity contribution is 0.0696. The van der Waals surface area contributed by atoms with Crippen LogP contribution in [0, 0.1) is 6.92 Å². The van der Waals surface area contributed by atoms with Crippen molar-refractivity contribution in [2.45, 2.75) is 25.3 Å². The second-order valence-electron chi connectivity index (χ2n) is 6.01. The van der Waals surface area contributed by atoms with Crippen LogP contribution >= 0.6 is 0 Å². The summed E-state index contributed by atoms with van der Waals surface area (Å²) in [5.74, 6) is -0.936. The first-order valence-electron chi connectivity index (χ1n) is 8.16. The largest absolute Gasteiger partial charge is 0.478 e. The van der Waals surface area contributed by atoms with Gasteiger partial charge < -0.3 is 5.11 Å². The maximum atomic E-state index is 12.5. The third kappa shape index (κ3) is 5.41. The number of sulfone groups is 1. The number of nitrogens with zero attached hydrogens (tertiary/aromatic N) is 1. The molecule has 0 heterocycles. The van der Waals surface area contributed by atoms with Crippen molar-refractivity contribution in [3.8, 4) is 0 Å². The fraction of sp³-hybridized carbons (Fsp3) is 0.316. The number of benzene rings is 2. The Hall–Kier alpha value is -2.18. The number of aryl methyl sites for hydroxylation is 1. The van der Waals surface area contributed by atoms with Gasteiger partial charge in [0.1, 0.15) is 0 Å². The molecule has 5 nitrogen and oxygen atoms in total. The van der Waals surface area contributed by atoms with Gasteiger partial charge in [-0.05, 0) is 43.3 Å². The van der Waals surface area contributed by atoms with Crippen LogP contribution in [-0.4, -0.2) is 43.2 Å². The van der Waals surface area contributed by atoms with Gasteiger partial charge in [-0.25, -0.2) is 13.2 Å². The van der Waals surface area contributed by atoms with E-state index in [1.165, 1.54) is 0 Å². The number of aromatic carboxylic acids is 1.